The Labute approximate surface area is 283 Å². The number of unbranched alkanes of at least 4 members (excludes halogenated alkanes) is 12. The summed E-state index contributed by atoms with van der Waals surface area (Å²) in [5, 5.41) is 8.97. The van der Waals surface area contributed by atoms with Gasteiger partial charge in [0.1, 0.15) is 26.2 Å². The zero-order valence-electron chi connectivity index (χ0n) is 31.0. The molecule has 46 heavy (non-hydrogen) atoms. The largest absolute Gasteiger partial charge is 0.396 e. The predicted molar refractivity (Wildman–Crippen MR) is 189 cm³/mol. The second kappa shape index (κ2) is 26.4. The molecule has 0 radical (unpaired) electrons. The number of hydrogen-bond donors (Lipinski definition) is 1. The van der Waals surface area contributed by atoms with E-state index in [0.29, 0.717) is 26.2 Å². The summed E-state index contributed by atoms with van der Waals surface area (Å²) in [4.78, 5) is 45.0. The van der Waals surface area contributed by atoms with Crippen molar-refractivity contribution in [2.45, 2.75) is 103 Å². The van der Waals surface area contributed by atoms with E-state index >= 15 is 0 Å². The molecule has 0 aliphatic heterocycles. The monoisotopic (exact) mass is 657 g/mol. The van der Waals surface area contributed by atoms with Gasteiger partial charge in [-0.2, -0.15) is 0 Å². The molecule has 0 aromatic heterocycles. The van der Waals surface area contributed by atoms with Gasteiger partial charge in [0, 0.05) is 6.61 Å². The third-order valence-electron chi connectivity index (χ3n) is 10.2. The number of nitrogens with zero attached hydrogens (tertiary/aromatic N) is 4. The quantitative estimate of drug-likeness (QED) is 0.0620. The maximum absolute atomic E-state index is 11.5. The SMILES string of the molecule is C[N+](C)(CC=O)CCCCCC[N+](C)(CC=O)CCCCCC[N+](C)(CC=O)CCCCCC[N+](C)(CC=O)CCCCCCO. The molecule has 0 amide bonds. The van der Waals surface area contributed by atoms with Crippen LogP contribution in [0, 0.1) is 0 Å². The summed E-state index contributed by atoms with van der Waals surface area (Å²) in [6.45, 7) is 9.80. The van der Waals surface area contributed by atoms with E-state index in [9.17, 15) is 19.2 Å². The molecular weight excluding hydrogens is 580 g/mol. The van der Waals surface area contributed by atoms with Crippen molar-refractivity contribution in [1.82, 2.24) is 0 Å². The molecule has 0 saturated carbocycles. The minimum absolute atomic E-state index is 0.264. The van der Waals surface area contributed by atoms with Crippen LogP contribution in [0.25, 0.3) is 0 Å². The maximum Gasteiger partial charge on any atom is 0.174 e. The minimum Gasteiger partial charge on any atom is -0.396 e. The molecule has 9 heteroatoms. The van der Waals surface area contributed by atoms with Crippen LogP contribution in [0.3, 0.4) is 0 Å². The molecule has 3 atom stereocenters. The molecule has 1 N–H and O–H groups in total. The van der Waals surface area contributed by atoms with E-state index in [1.807, 2.05) is 0 Å². The van der Waals surface area contributed by atoms with Gasteiger partial charge in [-0.1, -0.05) is 6.42 Å². The lowest BCUT2D eigenvalue weighted by molar-refractivity contribution is -0.902. The normalized spacial score (nSPS) is 15.9. The fourth-order valence-corrected chi connectivity index (χ4v) is 6.74. The third-order valence-corrected chi connectivity index (χ3v) is 10.2. The molecule has 270 valence electrons. The maximum atomic E-state index is 11.5. The second-order valence-corrected chi connectivity index (χ2v) is 15.6. The van der Waals surface area contributed by atoms with Crippen LogP contribution >= 0.6 is 0 Å². The fourth-order valence-electron chi connectivity index (χ4n) is 6.74. The van der Waals surface area contributed by atoms with E-state index in [1.54, 1.807) is 0 Å². The van der Waals surface area contributed by atoms with Gasteiger partial charge in [-0.3, -0.25) is 19.2 Å². The molecule has 0 aromatic carbocycles. The standard InChI is InChI=1S/C37H76N4O5/c1-38(2,29-34-43)22-14-6-7-15-23-39(3,30-35-44)24-16-8-9-17-25-40(4,31-36-45)26-18-10-11-19-27-41(5,32-37-46)28-20-12-13-21-33-42/h34-37,42H,6-33H2,1-5H3/q+4. The molecule has 0 bridgehead atoms. The molecule has 0 aromatic rings. The average Bonchev–Trinajstić information content (AvgIpc) is 2.99. The number of quaternary nitrogens is 4. The first-order chi connectivity index (χ1) is 21.9. The lowest BCUT2D eigenvalue weighted by Gasteiger charge is -2.34. The van der Waals surface area contributed by atoms with Crippen LogP contribution in [0.2, 0.25) is 0 Å². The summed E-state index contributed by atoms with van der Waals surface area (Å²) in [5.74, 6) is 0. The van der Waals surface area contributed by atoms with Crippen LogP contribution in [-0.2, 0) is 19.2 Å². The van der Waals surface area contributed by atoms with Crippen molar-refractivity contribution < 1.29 is 42.2 Å². The summed E-state index contributed by atoms with van der Waals surface area (Å²) in [6.07, 6.45) is 22.1. The lowest BCUT2D eigenvalue weighted by atomic mass is 10.1. The molecule has 3 unspecified atom stereocenters. The van der Waals surface area contributed by atoms with E-state index < -0.39 is 0 Å². The average molecular weight is 657 g/mol. The number of carbonyl (C=O) groups excluding carboxylic acids is 4. The van der Waals surface area contributed by atoms with Gasteiger partial charge in [0.25, 0.3) is 0 Å². The summed E-state index contributed by atoms with van der Waals surface area (Å²) >= 11 is 0. The van der Waals surface area contributed by atoms with Crippen molar-refractivity contribution in [1.29, 1.82) is 0 Å². The van der Waals surface area contributed by atoms with Crippen molar-refractivity contribution in [3.8, 4) is 0 Å². The smallest absolute Gasteiger partial charge is 0.174 e. The molecular formula is C37H76N4O5+4. The third kappa shape index (κ3) is 23.7. The van der Waals surface area contributed by atoms with Gasteiger partial charge in [-0.15, -0.1) is 0 Å². The van der Waals surface area contributed by atoms with Crippen LogP contribution in [0.1, 0.15) is 103 Å². The van der Waals surface area contributed by atoms with Crippen molar-refractivity contribution in [3.63, 3.8) is 0 Å². The number of rotatable bonds is 35. The van der Waals surface area contributed by atoms with Crippen molar-refractivity contribution in [3.05, 3.63) is 0 Å². The first-order valence-electron chi connectivity index (χ1n) is 18.6. The zero-order chi connectivity index (χ0) is 34.6. The Morgan fingerprint density at radius 1 is 0.348 bits per heavy atom. The molecule has 9 nitrogen and oxygen atoms in total. The van der Waals surface area contributed by atoms with Gasteiger partial charge < -0.3 is 23.0 Å². The van der Waals surface area contributed by atoms with Gasteiger partial charge in [0.2, 0.25) is 0 Å². The topological polar surface area (TPSA) is 88.5 Å². The molecule has 0 aliphatic carbocycles. The minimum atomic E-state index is 0.264. The zero-order valence-corrected chi connectivity index (χ0v) is 31.0. The second-order valence-electron chi connectivity index (χ2n) is 15.6. The Hall–Kier alpha value is -1.52. The summed E-state index contributed by atoms with van der Waals surface area (Å²) in [6, 6.07) is 0. The van der Waals surface area contributed by atoms with E-state index in [0.717, 1.165) is 179 Å². The van der Waals surface area contributed by atoms with Crippen molar-refractivity contribution in [2.75, 3.05) is 114 Å². The fraction of sp³-hybridized carbons (Fsp3) is 0.892. The summed E-state index contributed by atoms with van der Waals surface area (Å²) in [5.41, 5.74) is 0. The van der Waals surface area contributed by atoms with Crippen molar-refractivity contribution >= 4 is 25.1 Å². The first kappa shape index (κ1) is 44.5. The van der Waals surface area contributed by atoms with Gasteiger partial charge in [0.05, 0.1) is 81.1 Å². The van der Waals surface area contributed by atoms with Gasteiger partial charge in [-0.05, 0) is 96.3 Å². The Morgan fingerprint density at radius 3 is 0.826 bits per heavy atom. The van der Waals surface area contributed by atoms with Gasteiger partial charge in [-0.25, -0.2) is 0 Å². The molecule has 0 rings (SSSR count). The van der Waals surface area contributed by atoms with E-state index in [2.05, 4.69) is 35.2 Å². The number of hydrogen-bond acceptors (Lipinski definition) is 5. The summed E-state index contributed by atoms with van der Waals surface area (Å²) in [7, 11) is 10.9. The summed E-state index contributed by atoms with van der Waals surface area (Å²) < 4.78 is 3.22. The molecule has 0 saturated heterocycles. The van der Waals surface area contributed by atoms with Crippen molar-refractivity contribution in [2.24, 2.45) is 0 Å². The van der Waals surface area contributed by atoms with Gasteiger partial charge >= 0.3 is 0 Å². The van der Waals surface area contributed by atoms with Crippen LogP contribution in [0.15, 0.2) is 0 Å². The van der Waals surface area contributed by atoms with E-state index in [4.69, 9.17) is 5.11 Å². The Balaban J connectivity index is 4.32. The number of carbonyl (C=O) groups is 4. The van der Waals surface area contributed by atoms with Crippen LogP contribution in [0.4, 0.5) is 0 Å². The lowest BCUT2D eigenvalue weighted by Crippen LogP contribution is -2.47. The highest BCUT2D eigenvalue weighted by atomic mass is 16.3. The Morgan fingerprint density at radius 2 is 0.587 bits per heavy atom. The molecule has 0 fully saturated rings. The van der Waals surface area contributed by atoms with E-state index in [1.165, 1.54) is 12.8 Å². The molecule has 0 heterocycles. The Bertz CT molecular complexity index is 798. The predicted octanol–water partition coefficient (Wildman–Crippen LogP) is 4.43. The molecule has 0 aliphatic rings. The Kier molecular flexibility index (Phi) is 25.6. The van der Waals surface area contributed by atoms with E-state index in [-0.39, 0.29) is 6.61 Å². The van der Waals surface area contributed by atoms with Crippen LogP contribution < -0.4 is 0 Å². The number of aliphatic hydroxyl groups excluding tert-OH is 1. The number of aldehydes is 4. The number of aliphatic hydroxyl groups is 1. The number of likely N-dealkylation sites (N-methyl/N-ethyl adjacent to an activating group) is 4. The first-order valence-corrected chi connectivity index (χ1v) is 18.6. The molecule has 0 spiro atoms. The van der Waals surface area contributed by atoms with Gasteiger partial charge in [0.15, 0.2) is 25.1 Å². The highest BCUT2D eigenvalue weighted by molar-refractivity contribution is 5.51. The highest BCUT2D eigenvalue weighted by Gasteiger charge is 2.23. The van der Waals surface area contributed by atoms with Crippen LogP contribution in [-0.4, -0.2) is 162 Å². The van der Waals surface area contributed by atoms with Crippen LogP contribution in [0.5, 0.6) is 0 Å². The highest BCUT2D eigenvalue weighted by Crippen LogP contribution is 2.16.